The summed E-state index contributed by atoms with van der Waals surface area (Å²) in [5.74, 6) is 0.162. The first-order chi connectivity index (χ1) is 12.4. The van der Waals surface area contributed by atoms with Gasteiger partial charge in [0.2, 0.25) is 11.8 Å². The second kappa shape index (κ2) is 9.50. The van der Waals surface area contributed by atoms with Crippen molar-refractivity contribution in [2.24, 2.45) is 0 Å². The molecule has 0 fully saturated rings. The summed E-state index contributed by atoms with van der Waals surface area (Å²) in [4.78, 5) is 26.3. The van der Waals surface area contributed by atoms with E-state index < -0.39 is 0 Å². The smallest absolute Gasteiger partial charge is 0.241 e. The molecule has 0 radical (unpaired) electrons. The Hall–Kier alpha value is -2.18. The number of hydrogen-bond donors (Lipinski definition) is 2. The lowest BCUT2D eigenvalue weighted by molar-refractivity contribution is -0.130. The van der Waals surface area contributed by atoms with Crippen molar-refractivity contribution in [3.05, 3.63) is 57.8 Å². The first-order valence-corrected chi connectivity index (χ1v) is 9.60. The third kappa shape index (κ3) is 5.68. The van der Waals surface area contributed by atoms with E-state index in [2.05, 4.69) is 54.8 Å². The summed E-state index contributed by atoms with van der Waals surface area (Å²) in [6.45, 7) is 4.50. The van der Waals surface area contributed by atoms with E-state index in [1.165, 1.54) is 10.5 Å². The highest BCUT2D eigenvalue weighted by Gasteiger charge is 2.17. The highest BCUT2D eigenvalue weighted by atomic mass is 32.1. The molecule has 5 nitrogen and oxygen atoms in total. The Labute approximate surface area is 159 Å². The van der Waals surface area contributed by atoms with Crippen LogP contribution in [-0.4, -0.2) is 43.9 Å². The molecule has 0 aliphatic rings. The lowest BCUT2D eigenvalue weighted by Crippen LogP contribution is -2.41. The number of amides is 2. The molecule has 2 amide bonds. The van der Waals surface area contributed by atoms with Crippen molar-refractivity contribution < 1.29 is 9.59 Å². The Bertz CT molecular complexity index is 709. The molecule has 0 aliphatic carbocycles. The van der Waals surface area contributed by atoms with E-state index in [4.69, 9.17) is 0 Å². The Morgan fingerprint density at radius 3 is 2.23 bits per heavy atom. The lowest BCUT2D eigenvalue weighted by atomic mass is 9.98. The molecule has 0 spiro atoms. The third-order valence-electron chi connectivity index (χ3n) is 4.17. The van der Waals surface area contributed by atoms with Crippen LogP contribution in [0, 0.1) is 0 Å². The fourth-order valence-corrected chi connectivity index (χ4v) is 3.33. The molecule has 6 heteroatoms. The minimum atomic E-state index is -0.194. The molecule has 0 bridgehead atoms. The van der Waals surface area contributed by atoms with E-state index in [-0.39, 0.29) is 30.9 Å². The average Bonchev–Trinajstić information content (AvgIpc) is 3.14. The second-order valence-corrected chi connectivity index (χ2v) is 7.69. The summed E-state index contributed by atoms with van der Waals surface area (Å²) in [6.07, 6.45) is 0. The first-order valence-electron chi connectivity index (χ1n) is 8.72. The minimum absolute atomic E-state index is 0.0142. The zero-order valence-corrected chi connectivity index (χ0v) is 16.6. The van der Waals surface area contributed by atoms with Crippen molar-refractivity contribution in [1.29, 1.82) is 0 Å². The summed E-state index contributed by atoms with van der Waals surface area (Å²) in [5, 5.41) is 7.99. The predicted molar refractivity (Wildman–Crippen MR) is 106 cm³/mol. The number of hydrogen-bond acceptors (Lipinski definition) is 4. The van der Waals surface area contributed by atoms with Gasteiger partial charge in [-0.2, -0.15) is 0 Å². The quantitative estimate of drug-likeness (QED) is 0.748. The van der Waals surface area contributed by atoms with E-state index >= 15 is 0 Å². The molecule has 2 N–H and O–H groups in total. The molecule has 0 saturated carbocycles. The molecule has 0 saturated heterocycles. The van der Waals surface area contributed by atoms with Gasteiger partial charge in [-0.3, -0.25) is 14.9 Å². The van der Waals surface area contributed by atoms with Crippen molar-refractivity contribution in [1.82, 2.24) is 15.5 Å². The highest BCUT2D eigenvalue weighted by Crippen LogP contribution is 2.27. The van der Waals surface area contributed by atoms with Gasteiger partial charge in [0.25, 0.3) is 0 Å². The van der Waals surface area contributed by atoms with Gasteiger partial charge in [-0.05, 0) is 28.5 Å². The van der Waals surface area contributed by atoms with Crippen LogP contribution in [0.25, 0.3) is 0 Å². The number of thiophene rings is 1. The Morgan fingerprint density at radius 2 is 1.69 bits per heavy atom. The SMILES string of the molecule is CC(C)c1ccc([C@@H](NCC(=O)NCC(=O)N(C)C)c2cccs2)cc1. The number of benzene rings is 1. The van der Waals surface area contributed by atoms with Crippen molar-refractivity contribution >= 4 is 23.2 Å². The van der Waals surface area contributed by atoms with Crippen LogP contribution in [0.3, 0.4) is 0 Å². The van der Waals surface area contributed by atoms with Crippen molar-refractivity contribution in [2.45, 2.75) is 25.8 Å². The van der Waals surface area contributed by atoms with Crippen LogP contribution in [0.15, 0.2) is 41.8 Å². The van der Waals surface area contributed by atoms with Gasteiger partial charge in [-0.25, -0.2) is 0 Å². The molecular weight excluding hydrogens is 346 g/mol. The van der Waals surface area contributed by atoms with E-state index in [1.807, 2.05) is 11.4 Å². The second-order valence-electron chi connectivity index (χ2n) is 6.72. The van der Waals surface area contributed by atoms with Gasteiger partial charge in [0.1, 0.15) is 0 Å². The number of carbonyl (C=O) groups excluding carboxylic acids is 2. The van der Waals surface area contributed by atoms with Gasteiger partial charge in [-0.15, -0.1) is 11.3 Å². The largest absolute Gasteiger partial charge is 0.347 e. The Kier molecular flexibility index (Phi) is 7.36. The normalized spacial score (nSPS) is 12.0. The van der Waals surface area contributed by atoms with Crippen LogP contribution in [0.5, 0.6) is 0 Å². The molecule has 0 aliphatic heterocycles. The molecule has 1 atom stereocenters. The van der Waals surface area contributed by atoms with Crippen LogP contribution in [0.2, 0.25) is 0 Å². The molecule has 0 unspecified atom stereocenters. The molecular formula is C20H27N3O2S. The predicted octanol–water partition coefficient (Wildman–Crippen LogP) is 2.75. The molecule has 1 aromatic heterocycles. The molecule has 1 heterocycles. The zero-order valence-electron chi connectivity index (χ0n) is 15.8. The van der Waals surface area contributed by atoms with Gasteiger partial charge in [-0.1, -0.05) is 44.2 Å². The Balaban J connectivity index is 2.02. The number of rotatable bonds is 8. The van der Waals surface area contributed by atoms with E-state index in [0.717, 1.165) is 10.4 Å². The van der Waals surface area contributed by atoms with Crippen molar-refractivity contribution in [2.75, 3.05) is 27.2 Å². The standard InChI is InChI=1S/C20H27N3O2S/c1-14(2)15-7-9-16(10-8-15)20(17-6-5-11-26-17)22-12-18(24)21-13-19(25)23(3)4/h5-11,14,20,22H,12-13H2,1-4H3,(H,21,24)/t20-/m1/s1. The third-order valence-corrected chi connectivity index (χ3v) is 5.10. The number of likely N-dealkylation sites (N-methyl/N-ethyl adjacent to an activating group) is 1. The molecule has 26 heavy (non-hydrogen) atoms. The van der Waals surface area contributed by atoms with Crippen LogP contribution in [-0.2, 0) is 9.59 Å². The summed E-state index contributed by atoms with van der Waals surface area (Å²) in [5.41, 5.74) is 2.41. The number of nitrogens with zero attached hydrogens (tertiary/aromatic N) is 1. The summed E-state index contributed by atoms with van der Waals surface area (Å²) < 4.78 is 0. The van der Waals surface area contributed by atoms with Gasteiger partial charge >= 0.3 is 0 Å². The first kappa shape index (κ1) is 20.1. The topological polar surface area (TPSA) is 61.4 Å². The van der Waals surface area contributed by atoms with E-state index in [1.54, 1.807) is 25.4 Å². The zero-order chi connectivity index (χ0) is 19.1. The van der Waals surface area contributed by atoms with Crippen molar-refractivity contribution in [3.8, 4) is 0 Å². The van der Waals surface area contributed by atoms with Crippen LogP contribution in [0.1, 0.15) is 41.8 Å². The average molecular weight is 374 g/mol. The number of nitrogens with one attached hydrogen (secondary N) is 2. The maximum absolute atomic E-state index is 12.1. The molecule has 140 valence electrons. The number of carbonyl (C=O) groups is 2. The van der Waals surface area contributed by atoms with Crippen LogP contribution in [0.4, 0.5) is 0 Å². The van der Waals surface area contributed by atoms with Crippen molar-refractivity contribution in [3.63, 3.8) is 0 Å². The van der Waals surface area contributed by atoms with E-state index in [0.29, 0.717) is 5.92 Å². The van der Waals surface area contributed by atoms with Gasteiger partial charge < -0.3 is 10.2 Å². The van der Waals surface area contributed by atoms with Crippen LogP contribution >= 0.6 is 11.3 Å². The molecule has 1 aromatic carbocycles. The molecule has 2 aromatic rings. The minimum Gasteiger partial charge on any atom is -0.347 e. The van der Waals surface area contributed by atoms with Crippen LogP contribution < -0.4 is 10.6 Å². The summed E-state index contributed by atoms with van der Waals surface area (Å²) >= 11 is 1.66. The summed E-state index contributed by atoms with van der Waals surface area (Å²) in [7, 11) is 3.33. The maximum atomic E-state index is 12.1. The van der Waals surface area contributed by atoms with E-state index in [9.17, 15) is 9.59 Å². The fourth-order valence-electron chi connectivity index (χ4n) is 2.50. The van der Waals surface area contributed by atoms with Gasteiger partial charge in [0.15, 0.2) is 0 Å². The highest BCUT2D eigenvalue weighted by molar-refractivity contribution is 7.10. The summed E-state index contributed by atoms with van der Waals surface area (Å²) in [6, 6.07) is 12.5. The van der Waals surface area contributed by atoms with Gasteiger partial charge in [0, 0.05) is 19.0 Å². The molecule has 2 rings (SSSR count). The lowest BCUT2D eigenvalue weighted by Gasteiger charge is -2.19. The maximum Gasteiger partial charge on any atom is 0.241 e. The Morgan fingerprint density at radius 1 is 1.04 bits per heavy atom. The fraction of sp³-hybridized carbons (Fsp3) is 0.400. The van der Waals surface area contributed by atoms with Gasteiger partial charge in [0.05, 0.1) is 19.1 Å². The monoisotopic (exact) mass is 373 g/mol.